The van der Waals surface area contributed by atoms with Crippen LogP contribution in [-0.2, 0) is 18.9 Å². The highest BCUT2D eigenvalue weighted by molar-refractivity contribution is 5.45. The summed E-state index contributed by atoms with van der Waals surface area (Å²) in [6.07, 6.45) is 13.5. The van der Waals surface area contributed by atoms with Crippen molar-refractivity contribution in [1.82, 2.24) is 0 Å². The van der Waals surface area contributed by atoms with E-state index in [0.29, 0.717) is 18.4 Å². The minimum atomic E-state index is -0.937. The highest BCUT2D eigenvalue weighted by atomic mass is 16.7. The summed E-state index contributed by atoms with van der Waals surface area (Å²) in [7, 11) is 0. The third kappa shape index (κ3) is 3.74. The van der Waals surface area contributed by atoms with Gasteiger partial charge >= 0.3 is 0 Å². The van der Waals surface area contributed by atoms with E-state index < -0.39 is 5.60 Å². The molecule has 33 heavy (non-hydrogen) atoms. The molecule has 3 unspecified atom stereocenters. The van der Waals surface area contributed by atoms with Gasteiger partial charge in [-0.1, -0.05) is 30.4 Å². The minimum Gasteiger partial charge on any atom is -0.377 e. The molecule has 3 fully saturated rings. The number of allylic oxidation sites excluding steroid dienone is 3. The van der Waals surface area contributed by atoms with Gasteiger partial charge in [-0.3, -0.25) is 0 Å². The predicted octanol–water partition coefficient (Wildman–Crippen LogP) is 4.64. The Bertz CT molecular complexity index is 897. The van der Waals surface area contributed by atoms with E-state index in [9.17, 15) is 5.11 Å². The SMILES string of the molecule is C[C@]12CC=C3C4=C(CCC3C1CC[C@@]2(O)C#CCOC1CCCCO1)CC1(CC4)OCCO1. The zero-order chi connectivity index (χ0) is 22.5. The van der Waals surface area contributed by atoms with E-state index in [1.807, 2.05) is 0 Å². The van der Waals surface area contributed by atoms with Crippen LogP contribution >= 0.6 is 0 Å². The first-order valence-corrected chi connectivity index (χ1v) is 13.2. The van der Waals surface area contributed by atoms with Gasteiger partial charge in [0, 0.05) is 24.9 Å². The normalized spacial score (nSPS) is 41.6. The van der Waals surface area contributed by atoms with Crippen molar-refractivity contribution >= 4 is 0 Å². The van der Waals surface area contributed by atoms with Crippen LogP contribution in [0.15, 0.2) is 22.8 Å². The third-order valence-corrected chi connectivity index (χ3v) is 9.57. The fourth-order valence-corrected chi connectivity index (χ4v) is 7.67. The molecule has 1 spiro atoms. The summed E-state index contributed by atoms with van der Waals surface area (Å²) in [6.45, 7) is 4.84. The summed E-state index contributed by atoms with van der Waals surface area (Å²) in [5.41, 5.74) is 3.58. The average Bonchev–Trinajstić information content (AvgIpc) is 3.39. The van der Waals surface area contributed by atoms with Crippen LogP contribution in [0, 0.1) is 29.1 Å². The molecule has 1 N–H and O–H groups in total. The molecular formula is C28H38O5. The van der Waals surface area contributed by atoms with Gasteiger partial charge in [0.15, 0.2) is 12.1 Å². The fraction of sp³-hybridized carbons (Fsp3) is 0.786. The summed E-state index contributed by atoms with van der Waals surface area (Å²) < 4.78 is 23.5. The van der Waals surface area contributed by atoms with Gasteiger partial charge in [-0.2, -0.15) is 0 Å². The highest BCUT2D eigenvalue weighted by Crippen LogP contribution is 2.62. The second-order valence-electron chi connectivity index (χ2n) is 11.2. The zero-order valence-corrected chi connectivity index (χ0v) is 20.0. The minimum absolute atomic E-state index is 0.130. The van der Waals surface area contributed by atoms with Crippen molar-refractivity contribution in [2.24, 2.45) is 17.3 Å². The first-order valence-electron chi connectivity index (χ1n) is 13.2. The number of aliphatic hydroxyl groups is 1. The third-order valence-electron chi connectivity index (χ3n) is 9.57. The van der Waals surface area contributed by atoms with Crippen LogP contribution in [0.3, 0.4) is 0 Å². The lowest BCUT2D eigenvalue weighted by atomic mass is 9.56. The van der Waals surface area contributed by atoms with Crippen molar-refractivity contribution in [3.8, 4) is 11.8 Å². The van der Waals surface area contributed by atoms with Crippen molar-refractivity contribution in [3.63, 3.8) is 0 Å². The van der Waals surface area contributed by atoms with E-state index >= 15 is 0 Å². The summed E-state index contributed by atoms with van der Waals surface area (Å²) in [5.74, 6) is 7.12. The molecule has 0 amide bonds. The second kappa shape index (κ2) is 8.50. The van der Waals surface area contributed by atoms with E-state index in [-0.39, 0.29) is 17.5 Å². The quantitative estimate of drug-likeness (QED) is 0.616. The van der Waals surface area contributed by atoms with Gasteiger partial charge in [-0.15, -0.1) is 0 Å². The predicted molar refractivity (Wildman–Crippen MR) is 124 cm³/mol. The molecule has 5 nitrogen and oxygen atoms in total. The summed E-state index contributed by atoms with van der Waals surface area (Å²) >= 11 is 0. The van der Waals surface area contributed by atoms with Crippen LogP contribution in [0.4, 0.5) is 0 Å². The number of rotatable bonds is 2. The monoisotopic (exact) mass is 454 g/mol. The molecule has 6 aliphatic rings. The van der Waals surface area contributed by atoms with E-state index in [4.69, 9.17) is 18.9 Å². The van der Waals surface area contributed by atoms with Gasteiger partial charge in [0.2, 0.25) is 0 Å². The first-order chi connectivity index (χ1) is 16.0. The van der Waals surface area contributed by atoms with Crippen molar-refractivity contribution in [2.45, 2.75) is 95.2 Å². The van der Waals surface area contributed by atoms with Crippen molar-refractivity contribution in [3.05, 3.63) is 22.8 Å². The maximum Gasteiger partial charge on any atom is 0.172 e. The summed E-state index contributed by atoms with van der Waals surface area (Å²) in [5, 5.41) is 11.7. The first kappa shape index (κ1) is 22.3. The number of hydrogen-bond donors (Lipinski definition) is 1. The Labute approximate surface area is 197 Å². The molecule has 5 heteroatoms. The lowest BCUT2D eigenvalue weighted by Gasteiger charge is -2.50. The molecule has 2 saturated heterocycles. The molecule has 2 aliphatic heterocycles. The van der Waals surface area contributed by atoms with Crippen molar-refractivity contribution < 1.29 is 24.1 Å². The smallest absolute Gasteiger partial charge is 0.172 e. The largest absolute Gasteiger partial charge is 0.377 e. The van der Waals surface area contributed by atoms with Gasteiger partial charge in [0.25, 0.3) is 0 Å². The molecule has 0 radical (unpaired) electrons. The van der Waals surface area contributed by atoms with Crippen LogP contribution in [-0.4, -0.2) is 49.2 Å². The van der Waals surface area contributed by atoms with Crippen molar-refractivity contribution in [2.75, 3.05) is 26.4 Å². The molecule has 5 atom stereocenters. The lowest BCUT2D eigenvalue weighted by molar-refractivity contribution is -0.164. The van der Waals surface area contributed by atoms with E-state index in [2.05, 4.69) is 24.8 Å². The van der Waals surface area contributed by atoms with Crippen LogP contribution < -0.4 is 0 Å². The standard InChI is InChI=1S/C28H38O5/c1-26-12-8-22-21-9-14-28(32-17-18-33-28)19-20(21)6-7-23(22)24(26)10-13-27(26,29)11-4-16-31-25-5-2-3-15-30-25/h8,23-25,29H,2-3,5-7,9-10,12-19H2,1H3/t23?,24?,25?,26-,27-/m0/s1. The molecule has 0 bridgehead atoms. The number of fused-ring (bicyclic) bond motifs is 4. The van der Waals surface area contributed by atoms with Gasteiger partial charge < -0.3 is 24.1 Å². The van der Waals surface area contributed by atoms with Gasteiger partial charge in [-0.05, 0) is 80.8 Å². The molecular weight excluding hydrogens is 416 g/mol. The van der Waals surface area contributed by atoms with E-state index in [0.717, 1.165) is 84.0 Å². The number of ether oxygens (including phenoxy) is 4. The van der Waals surface area contributed by atoms with E-state index in [1.165, 1.54) is 6.42 Å². The van der Waals surface area contributed by atoms with Crippen LogP contribution in [0.2, 0.25) is 0 Å². The Morgan fingerprint density at radius 1 is 1.09 bits per heavy atom. The van der Waals surface area contributed by atoms with E-state index in [1.54, 1.807) is 16.7 Å². The van der Waals surface area contributed by atoms with Crippen LogP contribution in [0.1, 0.15) is 77.6 Å². The molecule has 0 aromatic heterocycles. The molecule has 2 heterocycles. The maximum absolute atomic E-state index is 11.7. The van der Waals surface area contributed by atoms with Gasteiger partial charge in [-0.25, -0.2) is 0 Å². The Kier molecular flexibility index (Phi) is 5.75. The molecule has 6 rings (SSSR count). The van der Waals surface area contributed by atoms with Crippen LogP contribution in [0.5, 0.6) is 0 Å². The molecule has 1 saturated carbocycles. The zero-order valence-electron chi connectivity index (χ0n) is 20.0. The Balaban J connectivity index is 1.18. The topological polar surface area (TPSA) is 57.2 Å². The second-order valence-corrected chi connectivity index (χ2v) is 11.2. The highest BCUT2D eigenvalue weighted by Gasteiger charge is 2.60. The number of hydrogen-bond acceptors (Lipinski definition) is 5. The van der Waals surface area contributed by atoms with Crippen LogP contribution in [0.25, 0.3) is 0 Å². The molecule has 0 aromatic carbocycles. The maximum atomic E-state index is 11.7. The molecule has 4 aliphatic carbocycles. The van der Waals surface area contributed by atoms with Gasteiger partial charge in [0.05, 0.1) is 13.2 Å². The summed E-state index contributed by atoms with van der Waals surface area (Å²) in [4.78, 5) is 0. The lowest BCUT2D eigenvalue weighted by Crippen LogP contribution is -2.48. The molecule has 180 valence electrons. The average molecular weight is 455 g/mol. The molecule has 0 aromatic rings. The summed E-state index contributed by atoms with van der Waals surface area (Å²) in [6, 6.07) is 0. The van der Waals surface area contributed by atoms with Crippen molar-refractivity contribution in [1.29, 1.82) is 0 Å². The Morgan fingerprint density at radius 3 is 2.79 bits per heavy atom. The van der Waals surface area contributed by atoms with Gasteiger partial charge in [0.1, 0.15) is 12.2 Å². The Hall–Kier alpha value is -1.16. The fourth-order valence-electron chi connectivity index (χ4n) is 7.67. The Morgan fingerprint density at radius 2 is 1.97 bits per heavy atom.